The van der Waals surface area contributed by atoms with Gasteiger partial charge in [0.1, 0.15) is 11.4 Å². The van der Waals surface area contributed by atoms with Crippen LogP contribution in [0.25, 0.3) is 22.8 Å². The summed E-state index contributed by atoms with van der Waals surface area (Å²) >= 11 is 0. The van der Waals surface area contributed by atoms with Crippen LogP contribution in [-0.4, -0.2) is 34.3 Å². The second kappa shape index (κ2) is 5.91. The SMILES string of the molecule is COc1ccc(-c2noc(-c3cnc(C)[nH]c3=O)n2)cc1OC. The molecule has 0 aliphatic heterocycles. The zero-order valence-corrected chi connectivity index (χ0v) is 12.8. The van der Waals surface area contributed by atoms with E-state index in [9.17, 15) is 4.79 Å². The van der Waals surface area contributed by atoms with Gasteiger partial charge in [0.15, 0.2) is 11.5 Å². The lowest BCUT2D eigenvalue weighted by Crippen LogP contribution is -2.11. The van der Waals surface area contributed by atoms with Crippen LogP contribution >= 0.6 is 0 Å². The molecule has 1 N–H and O–H groups in total. The van der Waals surface area contributed by atoms with Gasteiger partial charge in [-0.25, -0.2) is 4.98 Å². The minimum atomic E-state index is -0.333. The predicted octanol–water partition coefficient (Wildman–Crippen LogP) is 1.81. The number of H-pyrrole nitrogens is 1. The molecule has 0 fully saturated rings. The van der Waals surface area contributed by atoms with Crippen LogP contribution in [0.1, 0.15) is 5.82 Å². The highest BCUT2D eigenvalue weighted by Crippen LogP contribution is 2.31. The predicted molar refractivity (Wildman–Crippen MR) is 81.4 cm³/mol. The molecule has 0 saturated carbocycles. The van der Waals surface area contributed by atoms with E-state index in [4.69, 9.17) is 14.0 Å². The summed E-state index contributed by atoms with van der Waals surface area (Å²) in [5.74, 6) is 2.09. The van der Waals surface area contributed by atoms with Crippen LogP contribution in [-0.2, 0) is 0 Å². The highest BCUT2D eigenvalue weighted by atomic mass is 16.5. The second-order valence-corrected chi connectivity index (χ2v) is 4.70. The molecule has 3 aromatic rings. The van der Waals surface area contributed by atoms with Gasteiger partial charge in [-0.05, 0) is 25.1 Å². The van der Waals surface area contributed by atoms with Gasteiger partial charge in [0.2, 0.25) is 5.82 Å². The molecule has 8 heteroatoms. The molecule has 0 saturated heterocycles. The largest absolute Gasteiger partial charge is 0.493 e. The van der Waals surface area contributed by atoms with E-state index in [1.807, 2.05) is 0 Å². The van der Waals surface area contributed by atoms with E-state index < -0.39 is 0 Å². The number of ether oxygens (including phenoxy) is 2. The summed E-state index contributed by atoms with van der Waals surface area (Å²) in [5, 5.41) is 3.89. The van der Waals surface area contributed by atoms with Gasteiger partial charge < -0.3 is 19.0 Å². The molecule has 1 aromatic carbocycles. The van der Waals surface area contributed by atoms with Crippen molar-refractivity contribution in [2.75, 3.05) is 14.2 Å². The maximum absolute atomic E-state index is 11.9. The first kappa shape index (κ1) is 14.8. The van der Waals surface area contributed by atoms with Crippen LogP contribution in [0.5, 0.6) is 11.5 Å². The zero-order valence-electron chi connectivity index (χ0n) is 12.8. The van der Waals surface area contributed by atoms with E-state index in [1.165, 1.54) is 6.20 Å². The average molecular weight is 314 g/mol. The van der Waals surface area contributed by atoms with Crippen LogP contribution in [0.4, 0.5) is 0 Å². The Hall–Kier alpha value is -3.16. The Balaban J connectivity index is 2.00. The van der Waals surface area contributed by atoms with Crippen LogP contribution in [0.15, 0.2) is 33.7 Å². The molecule has 0 radical (unpaired) electrons. The first-order valence-electron chi connectivity index (χ1n) is 6.74. The van der Waals surface area contributed by atoms with Gasteiger partial charge in [-0.15, -0.1) is 0 Å². The maximum Gasteiger partial charge on any atom is 0.265 e. The number of nitrogens with zero attached hydrogens (tertiary/aromatic N) is 3. The average Bonchev–Trinajstić information content (AvgIpc) is 3.03. The van der Waals surface area contributed by atoms with E-state index in [-0.39, 0.29) is 17.0 Å². The molecule has 2 heterocycles. The molecule has 0 spiro atoms. The summed E-state index contributed by atoms with van der Waals surface area (Å²) in [6.07, 6.45) is 1.40. The molecule has 0 unspecified atom stereocenters. The highest BCUT2D eigenvalue weighted by molar-refractivity contribution is 5.62. The zero-order chi connectivity index (χ0) is 16.4. The second-order valence-electron chi connectivity index (χ2n) is 4.70. The molecule has 0 bridgehead atoms. The fourth-order valence-electron chi connectivity index (χ4n) is 2.06. The number of benzene rings is 1. The Labute approximate surface area is 131 Å². The van der Waals surface area contributed by atoms with Gasteiger partial charge in [-0.1, -0.05) is 5.16 Å². The summed E-state index contributed by atoms with van der Waals surface area (Å²) in [7, 11) is 3.10. The number of aromatic nitrogens is 4. The van der Waals surface area contributed by atoms with Crippen molar-refractivity contribution < 1.29 is 14.0 Å². The summed E-state index contributed by atoms with van der Waals surface area (Å²) in [6, 6.07) is 5.24. The topological polar surface area (TPSA) is 103 Å². The molecule has 0 atom stereocenters. The van der Waals surface area contributed by atoms with Gasteiger partial charge in [0.05, 0.1) is 14.2 Å². The minimum absolute atomic E-state index is 0.100. The van der Waals surface area contributed by atoms with E-state index >= 15 is 0 Å². The molecule has 23 heavy (non-hydrogen) atoms. The van der Waals surface area contributed by atoms with E-state index in [1.54, 1.807) is 39.3 Å². The third-order valence-corrected chi connectivity index (χ3v) is 3.22. The van der Waals surface area contributed by atoms with Crippen LogP contribution in [0, 0.1) is 6.92 Å². The number of methoxy groups -OCH3 is 2. The smallest absolute Gasteiger partial charge is 0.265 e. The van der Waals surface area contributed by atoms with Crippen molar-refractivity contribution >= 4 is 0 Å². The molecule has 0 aliphatic rings. The molecule has 118 valence electrons. The number of nitrogens with one attached hydrogen (secondary N) is 1. The van der Waals surface area contributed by atoms with Crippen molar-refractivity contribution in [2.24, 2.45) is 0 Å². The van der Waals surface area contributed by atoms with E-state index in [2.05, 4.69) is 20.1 Å². The maximum atomic E-state index is 11.9. The van der Waals surface area contributed by atoms with Gasteiger partial charge in [-0.2, -0.15) is 4.98 Å². The van der Waals surface area contributed by atoms with Crippen LogP contribution in [0.2, 0.25) is 0 Å². The Morgan fingerprint density at radius 1 is 1.17 bits per heavy atom. The van der Waals surface area contributed by atoms with Gasteiger partial charge in [-0.3, -0.25) is 4.79 Å². The molecule has 2 aromatic heterocycles. The van der Waals surface area contributed by atoms with Gasteiger partial charge >= 0.3 is 0 Å². The first-order valence-corrected chi connectivity index (χ1v) is 6.74. The lowest BCUT2D eigenvalue weighted by Gasteiger charge is -2.07. The molecule has 8 nitrogen and oxygen atoms in total. The number of hydrogen-bond acceptors (Lipinski definition) is 7. The number of aryl methyl sites for hydroxylation is 1. The van der Waals surface area contributed by atoms with Crippen molar-refractivity contribution in [3.05, 3.63) is 40.6 Å². The van der Waals surface area contributed by atoms with E-state index in [0.29, 0.717) is 28.7 Å². The van der Waals surface area contributed by atoms with Crippen molar-refractivity contribution in [1.82, 2.24) is 20.1 Å². The molecule has 0 aliphatic carbocycles. The molecular weight excluding hydrogens is 300 g/mol. The van der Waals surface area contributed by atoms with Crippen molar-refractivity contribution in [3.8, 4) is 34.3 Å². The van der Waals surface area contributed by atoms with Crippen LogP contribution in [0.3, 0.4) is 0 Å². The van der Waals surface area contributed by atoms with Crippen molar-refractivity contribution in [3.63, 3.8) is 0 Å². The fourth-order valence-corrected chi connectivity index (χ4v) is 2.06. The van der Waals surface area contributed by atoms with Crippen LogP contribution < -0.4 is 15.0 Å². The number of hydrogen-bond donors (Lipinski definition) is 1. The first-order chi connectivity index (χ1) is 11.1. The summed E-state index contributed by atoms with van der Waals surface area (Å²) in [4.78, 5) is 22.8. The lowest BCUT2D eigenvalue weighted by atomic mass is 10.2. The van der Waals surface area contributed by atoms with Gasteiger partial charge in [0.25, 0.3) is 11.4 Å². The fraction of sp³-hybridized carbons (Fsp3) is 0.200. The third kappa shape index (κ3) is 2.78. The third-order valence-electron chi connectivity index (χ3n) is 3.22. The molecular formula is C15H14N4O4. The Morgan fingerprint density at radius 3 is 2.65 bits per heavy atom. The quantitative estimate of drug-likeness (QED) is 0.783. The normalized spacial score (nSPS) is 10.6. The monoisotopic (exact) mass is 314 g/mol. The van der Waals surface area contributed by atoms with E-state index in [0.717, 1.165) is 0 Å². The van der Waals surface area contributed by atoms with Crippen molar-refractivity contribution in [1.29, 1.82) is 0 Å². The number of rotatable bonds is 4. The number of aromatic amines is 1. The summed E-state index contributed by atoms with van der Waals surface area (Å²) in [6.45, 7) is 1.69. The Bertz CT molecular complexity index is 900. The minimum Gasteiger partial charge on any atom is -0.493 e. The highest BCUT2D eigenvalue weighted by Gasteiger charge is 2.15. The lowest BCUT2D eigenvalue weighted by molar-refractivity contribution is 0.355. The van der Waals surface area contributed by atoms with Crippen molar-refractivity contribution in [2.45, 2.75) is 6.92 Å². The summed E-state index contributed by atoms with van der Waals surface area (Å²) in [5.41, 5.74) is 0.559. The van der Waals surface area contributed by atoms with Gasteiger partial charge in [0, 0.05) is 11.8 Å². The molecule has 0 amide bonds. The Kier molecular flexibility index (Phi) is 3.80. The molecule has 3 rings (SSSR count). The standard InChI is InChI=1S/C15H14N4O4/c1-8-16-7-10(14(20)17-8)15-18-13(19-23-15)9-4-5-11(21-2)12(6-9)22-3/h4-7H,1-3H3,(H,16,17,20). The summed E-state index contributed by atoms with van der Waals surface area (Å²) < 4.78 is 15.6. The Morgan fingerprint density at radius 2 is 1.96 bits per heavy atom.